The molecule has 2 aliphatic heterocycles. The number of fused-ring (bicyclic) bond motifs is 4. The van der Waals surface area contributed by atoms with Gasteiger partial charge in [0.25, 0.3) is 0 Å². The summed E-state index contributed by atoms with van der Waals surface area (Å²) in [6.07, 6.45) is 0.764. The van der Waals surface area contributed by atoms with Crippen molar-refractivity contribution in [1.29, 1.82) is 0 Å². The number of carbonyl (C=O) groups is 3. The van der Waals surface area contributed by atoms with Gasteiger partial charge in [0.2, 0.25) is 5.78 Å². The number of rotatable bonds is 2. The zero-order valence-electron chi connectivity index (χ0n) is 20.9. The number of hydrogen-bond donors (Lipinski definition) is 0. The summed E-state index contributed by atoms with van der Waals surface area (Å²) in [5.74, 6) is -0.104. The number of esters is 1. The number of Topliss-reactive ketones (excluding diaryl/α,β-unsaturated/α-hetero) is 1. The highest BCUT2D eigenvalue weighted by Crippen LogP contribution is 2.41. The molecule has 2 aromatic carbocycles. The minimum Gasteiger partial charge on any atom is -0.488 e. The number of halogens is 1. The van der Waals surface area contributed by atoms with Gasteiger partial charge in [0.1, 0.15) is 24.0 Å². The fraction of sp³-hybridized carbons (Fsp3) is 0.464. The van der Waals surface area contributed by atoms with Crippen molar-refractivity contribution in [2.24, 2.45) is 0 Å². The van der Waals surface area contributed by atoms with Gasteiger partial charge in [-0.05, 0) is 117 Å². The molecular weight excluding hydrogens is 573 g/mol. The summed E-state index contributed by atoms with van der Waals surface area (Å²) < 4.78 is 18.4. The van der Waals surface area contributed by atoms with Crippen LogP contribution < -0.4 is 4.74 Å². The fourth-order valence-electron chi connectivity index (χ4n) is 5.25. The Balaban J connectivity index is 1.34. The van der Waals surface area contributed by atoms with Crippen molar-refractivity contribution < 1.29 is 28.6 Å². The predicted molar refractivity (Wildman–Crippen MR) is 142 cm³/mol. The summed E-state index contributed by atoms with van der Waals surface area (Å²) in [6.45, 7) is 7.71. The molecule has 7 nitrogen and oxygen atoms in total. The number of ketones is 1. The van der Waals surface area contributed by atoms with Gasteiger partial charge in [-0.15, -0.1) is 0 Å². The summed E-state index contributed by atoms with van der Waals surface area (Å²) in [5.41, 5.74) is 4.04. The van der Waals surface area contributed by atoms with E-state index >= 15 is 0 Å². The summed E-state index contributed by atoms with van der Waals surface area (Å²) in [6, 6.07) is 9.21. The third kappa shape index (κ3) is 4.71. The van der Waals surface area contributed by atoms with E-state index in [-0.39, 0.29) is 11.8 Å². The SMILES string of the molecule is C[C@H]1CC[C@@H](C(=O)OC2CCc3cc4c(cc3C2=O)OCc2cc(I)ccc2-4)N1C(=O)OC(C)(C)C. The predicted octanol–water partition coefficient (Wildman–Crippen LogP) is 5.68. The molecule has 190 valence electrons. The second-order valence-corrected chi connectivity index (χ2v) is 12.0. The van der Waals surface area contributed by atoms with Gasteiger partial charge in [-0.2, -0.15) is 0 Å². The van der Waals surface area contributed by atoms with Crippen molar-refractivity contribution in [3.8, 4) is 16.9 Å². The van der Waals surface area contributed by atoms with Crippen molar-refractivity contribution in [1.82, 2.24) is 4.90 Å². The number of benzene rings is 2. The topological polar surface area (TPSA) is 82.1 Å². The van der Waals surface area contributed by atoms with Crippen LogP contribution in [0.3, 0.4) is 0 Å². The second kappa shape index (κ2) is 9.36. The van der Waals surface area contributed by atoms with Crippen LogP contribution in [-0.4, -0.2) is 46.5 Å². The first-order chi connectivity index (χ1) is 17.0. The molecule has 5 rings (SSSR count). The standard InChI is InChI=1S/C28H30INO6/c1-15-5-9-22(30(15)27(33)36-28(2,3)4)26(32)35-23-10-6-16-12-21-19-8-7-18(29)11-17(19)14-34-24(21)13-20(16)25(23)31/h7-8,11-13,15,22-23H,5-6,9-10,14H2,1-4H3/t15-,22-,23?/m0/s1. The molecule has 36 heavy (non-hydrogen) atoms. The molecule has 1 amide bonds. The normalized spacial score (nSPS) is 22.8. The van der Waals surface area contributed by atoms with Gasteiger partial charge in [0, 0.05) is 20.7 Å². The molecule has 0 bridgehead atoms. The molecule has 0 radical (unpaired) electrons. The Bertz CT molecular complexity index is 1250. The lowest BCUT2D eigenvalue weighted by molar-refractivity contribution is -0.153. The molecule has 3 atom stereocenters. The van der Waals surface area contributed by atoms with Crippen molar-refractivity contribution in [3.05, 3.63) is 50.6 Å². The number of nitrogens with zero attached hydrogens (tertiary/aromatic N) is 1. The highest BCUT2D eigenvalue weighted by atomic mass is 127. The monoisotopic (exact) mass is 603 g/mol. The van der Waals surface area contributed by atoms with Crippen LogP contribution in [-0.2, 0) is 27.3 Å². The van der Waals surface area contributed by atoms with Gasteiger partial charge in [0.15, 0.2) is 6.10 Å². The van der Waals surface area contributed by atoms with Crippen LogP contribution in [0.25, 0.3) is 11.1 Å². The number of ether oxygens (including phenoxy) is 3. The third-order valence-electron chi connectivity index (χ3n) is 6.98. The maximum Gasteiger partial charge on any atom is 0.411 e. The van der Waals surface area contributed by atoms with Crippen molar-refractivity contribution >= 4 is 40.4 Å². The summed E-state index contributed by atoms with van der Waals surface area (Å²) in [4.78, 5) is 40.7. The molecule has 0 spiro atoms. The van der Waals surface area contributed by atoms with E-state index in [0.29, 0.717) is 43.6 Å². The summed E-state index contributed by atoms with van der Waals surface area (Å²) >= 11 is 2.29. The third-order valence-corrected chi connectivity index (χ3v) is 7.65. The number of aryl methyl sites for hydroxylation is 1. The Kier molecular flexibility index (Phi) is 6.51. The largest absolute Gasteiger partial charge is 0.488 e. The lowest BCUT2D eigenvalue weighted by Crippen LogP contribution is -2.48. The zero-order chi connectivity index (χ0) is 25.8. The maximum atomic E-state index is 13.4. The first kappa shape index (κ1) is 25.0. The molecule has 1 saturated heterocycles. The molecule has 0 aromatic heterocycles. The number of amides is 1. The molecule has 1 unspecified atom stereocenters. The Morgan fingerprint density at radius 2 is 1.81 bits per heavy atom. The van der Waals surface area contributed by atoms with E-state index < -0.39 is 29.8 Å². The Morgan fingerprint density at radius 3 is 2.56 bits per heavy atom. The quantitative estimate of drug-likeness (QED) is 0.325. The van der Waals surface area contributed by atoms with Crippen LogP contribution in [0.15, 0.2) is 30.3 Å². The van der Waals surface area contributed by atoms with Crippen molar-refractivity contribution in [2.45, 2.75) is 83.8 Å². The smallest absolute Gasteiger partial charge is 0.411 e. The van der Waals surface area contributed by atoms with Crippen molar-refractivity contribution in [3.63, 3.8) is 0 Å². The Morgan fingerprint density at radius 1 is 1.03 bits per heavy atom. The molecule has 2 aromatic rings. The molecule has 8 heteroatoms. The van der Waals surface area contributed by atoms with E-state index in [1.54, 1.807) is 26.8 Å². The fourth-order valence-corrected chi connectivity index (χ4v) is 5.81. The highest BCUT2D eigenvalue weighted by Gasteiger charge is 2.43. The average molecular weight is 603 g/mol. The molecule has 3 aliphatic rings. The van der Waals surface area contributed by atoms with E-state index in [9.17, 15) is 14.4 Å². The minimum absolute atomic E-state index is 0.144. The Labute approximate surface area is 224 Å². The first-order valence-corrected chi connectivity index (χ1v) is 13.4. The van der Waals surface area contributed by atoms with E-state index in [2.05, 4.69) is 40.8 Å². The van der Waals surface area contributed by atoms with Gasteiger partial charge in [-0.3, -0.25) is 9.69 Å². The maximum absolute atomic E-state index is 13.4. The molecule has 2 heterocycles. The minimum atomic E-state index is -0.878. The van der Waals surface area contributed by atoms with Gasteiger partial charge in [0.05, 0.1) is 0 Å². The molecule has 1 aliphatic carbocycles. The van der Waals surface area contributed by atoms with Crippen LogP contribution in [0.4, 0.5) is 4.79 Å². The number of hydrogen-bond acceptors (Lipinski definition) is 6. The van der Waals surface area contributed by atoms with Crippen molar-refractivity contribution in [2.75, 3.05) is 0 Å². The lowest BCUT2D eigenvalue weighted by atomic mass is 9.85. The number of likely N-dealkylation sites (tertiary alicyclic amines) is 1. The van der Waals surface area contributed by atoms with E-state index in [0.717, 1.165) is 25.8 Å². The van der Waals surface area contributed by atoms with Crippen LogP contribution in [0, 0.1) is 3.57 Å². The Hall–Kier alpha value is -2.62. The van der Waals surface area contributed by atoms with Gasteiger partial charge in [-0.25, -0.2) is 9.59 Å². The lowest BCUT2D eigenvalue weighted by Gasteiger charge is -2.32. The zero-order valence-corrected chi connectivity index (χ0v) is 23.1. The van der Waals surface area contributed by atoms with Crippen LogP contribution in [0.1, 0.15) is 68.4 Å². The summed E-state index contributed by atoms with van der Waals surface area (Å²) in [7, 11) is 0. The van der Waals surface area contributed by atoms with Gasteiger partial charge >= 0.3 is 12.1 Å². The van der Waals surface area contributed by atoms with Gasteiger partial charge in [-0.1, -0.05) is 6.07 Å². The van der Waals surface area contributed by atoms with Crippen LogP contribution >= 0.6 is 22.6 Å². The molecule has 0 saturated carbocycles. The van der Waals surface area contributed by atoms with E-state index in [4.69, 9.17) is 14.2 Å². The molecule has 0 N–H and O–H groups in total. The first-order valence-electron chi connectivity index (χ1n) is 12.4. The van der Waals surface area contributed by atoms with Crippen LogP contribution in [0.2, 0.25) is 0 Å². The summed E-state index contributed by atoms with van der Waals surface area (Å²) in [5, 5.41) is 0. The van der Waals surface area contributed by atoms with Crippen LogP contribution in [0.5, 0.6) is 5.75 Å². The second-order valence-electron chi connectivity index (χ2n) is 10.8. The van der Waals surface area contributed by atoms with E-state index in [1.165, 1.54) is 4.90 Å². The van der Waals surface area contributed by atoms with Gasteiger partial charge < -0.3 is 14.2 Å². The highest BCUT2D eigenvalue weighted by molar-refractivity contribution is 14.1. The molecular formula is C28H30INO6. The molecule has 1 fully saturated rings. The number of carbonyl (C=O) groups excluding carboxylic acids is 3. The van der Waals surface area contributed by atoms with E-state index in [1.807, 2.05) is 13.0 Å². The average Bonchev–Trinajstić information content (AvgIpc) is 3.20.